The summed E-state index contributed by atoms with van der Waals surface area (Å²) in [7, 11) is 0. The van der Waals surface area contributed by atoms with Crippen molar-refractivity contribution < 1.29 is 14.3 Å². The van der Waals surface area contributed by atoms with Gasteiger partial charge in [-0.15, -0.1) is 11.8 Å². The van der Waals surface area contributed by atoms with E-state index in [0.29, 0.717) is 35.9 Å². The Morgan fingerprint density at radius 2 is 2.08 bits per heavy atom. The third-order valence-electron chi connectivity index (χ3n) is 4.22. The van der Waals surface area contributed by atoms with Crippen molar-refractivity contribution in [2.24, 2.45) is 0 Å². The maximum atomic E-state index is 12.5. The van der Waals surface area contributed by atoms with E-state index >= 15 is 0 Å². The lowest BCUT2D eigenvalue weighted by atomic mass is 10.1. The minimum Gasteiger partial charge on any atom is -0.378 e. The number of carbonyl (C=O) groups excluding carboxylic acids is 2. The van der Waals surface area contributed by atoms with Crippen LogP contribution in [-0.4, -0.2) is 48.9 Å². The van der Waals surface area contributed by atoms with Crippen molar-refractivity contribution in [1.82, 2.24) is 4.98 Å². The molecule has 0 unspecified atom stereocenters. The Bertz CT molecular complexity index is 835. The number of hydrogen-bond donors (Lipinski definition) is 2. The number of aromatic nitrogens is 1. The van der Waals surface area contributed by atoms with Crippen LogP contribution in [0.1, 0.15) is 10.4 Å². The predicted molar refractivity (Wildman–Crippen MR) is 101 cm³/mol. The maximum absolute atomic E-state index is 12.5. The van der Waals surface area contributed by atoms with E-state index in [9.17, 15) is 9.59 Å². The molecule has 7 nitrogen and oxygen atoms in total. The fourth-order valence-corrected chi connectivity index (χ4v) is 3.66. The van der Waals surface area contributed by atoms with Gasteiger partial charge in [-0.2, -0.15) is 0 Å². The van der Waals surface area contributed by atoms with Gasteiger partial charge >= 0.3 is 0 Å². The summed E-state index contributed by atoms with van der Waals surface area (Å²) in [5, 5.41) is 5.64. The van der Waals surface area contributed by atoms with Crippen molar-refractivity contribution in [2.75, 3.05) is 47.6 Å². The average molecular weight is 370 g/mol. The topological polar surface area (TPSA) is 83.6 Å². The second-order valence-electron chi connectivity index (χ2n) is 6.01. The van der Waals surface area contributed by atoms with Crippen LogP contribution in [0.5, 0.6) is 0 Å². The molecule has 0 aliphatic carbocycles. The van der Waals surface area contributed by atoms with Crippen LogP contribution in [0.4, 0.5) is 17.2 Å². The number of morpholine rings is 1. The van der Waals surface area contributed by atoms with Crippen molar-refractivity contribution in [1.29, 1.82) is 0 Å². The van der Waals surface area contributed by atoms with E-state index in [1.165, 1.54) is 11.8 Å². The molecule has 2 aliphatic heterocycles. The summed E-state index contributed by atoms with van der Waals surface area (Å²) < 4.78 is 5.34. The number of rotatable bonds is 3. The van der Waals surface area contributed by atoms with E-state index in [4.69, 9.17) is 4.74 Å². The second kappa shape index (κ2) is 7.35. The number of pyridine rings is 1. The number of ether oxygens (including phenoxy) is 1. The standard InChI is InChI=1S/C18H18N4O3S/c23-17-11-26-15-3-1-12(9-14(15)21-17)18(24)20-13-2-4-16(19-10-13)22-5-7-25-8-6-22/h1-4,9-10H,5-8,11H2,(H,20,24)(H,21,23). The third-order valence-corrected chi connectivity index (χ3v) is 5.29. The lowest BCUT2D eigenvalue weighted by molar-refractivity contribution is -0.113. The van der Waals surface area contributed by atoms with Gasteiger partial charge in [-0.1, -0.05) is 0 Å². The first-order chi connectivity index (χ1) is 12.7. The molecule has 1 aromatic carbocycles. The van der Waals surface area contributed by atoms with Crippen LogP contribution >= 0.6 is 11.8 Å². The van der Waals surface area contributed by atoms with Crippen LogP contribution in [0.25, 0.3) is 0 Å². The zero-order valence-corrected chi connectivity index (χ0v) is 14.8. The highest BCUT2D eigenvalue weighted by atomic mass is 32.2. The first kappa shape index (κ1) is 16.9. The molecular weight excluding hydrogens is 352 g/mol. The van der Waals surface area contributed by atoms with Gasteiger partial charge in [0.15, 0.2) is 0 Å². The molecular formula is C18H18N4O3S. The average Bonchev–Trinajstić information content (AvgIpc) is 2.68. The van der Waals surface area contributed by atoms with E-state index in [2.05, 4.69) is 20.5 Å². The molecule has 26 heavy (non-hydrogen) atoms. The van der Waals surface area contributed by atoms with Crippen LogP contribution in [0, 0.1) is 0 Å². The van der Waals surface area contributed by atoms with Crippen LogP contribution in [0.2, 0.25) is 0 Å². The van der Waals surface area contributed by atoms with Crippen molar-refractivity contribution in [3.63, 3.8) is 0 Å². The van der Waals surface area contributed by atoms with Crippen LogP contribution in [0.3, 0.4) is 0 Å². The Balaban J connectivity index is 1.44. The molecule has 3 heterocycles. The van der Waals surface area contributed by atoms with E-state index in [1.807, 2.05) is 18.2 Å². The highest BCUT2D eigenvalue weighted by Gasteiger charge is 2.18. The van der Waals surface area contributed by atoms with Gasteiger partial charge in [0, 0.05) is 23.5 Å². The summed E-state index contributed by atoms with van der Waals surface area (Å²) in [6.45, 7) is 3.04. The summed E-state index contributed by atoms with van der Waals surface area (Å²) in [6, 6.07) is 9.04. The number of hydrogen-bond acceptors (Lipinski definition) is 6. The molecule has 0 atom stereocenters. The van der Waals surface area contributed by atoms with Gasteiger partial charge in [0.25, 0.3) is 5.91 Å². The summed E-state index contributed by atoms with van der Waals surface area (Å²) in [5.74, 6) is 0.987. The van der Waals surface area contributed by atoms with Crippen molar-refractivity contribution in [2.45, 2.75) is 4.90 Å². The van der Waals surface area contributed by atoms with Gasteiger partial charge in [0.2, 0.25) is 5.91 Å². The molecule has 0 spiro atoms. The normalized spacial score (nSPS) is 16.6. The monoisotopic (exact) mass is 370 g/mol. The van der Waals surface area contributed by atoms with Crippen LogP contribution < -0.4 is 15.5 Å². The number of nitrogens with one attached hydrogen (secondary N) is 2. The van der Waals surface area contributed by atoms with Crippen LogP contribution in [0.15, 0.2) is 41.4 Å². The Kier molecular flexibility index (Phi) is 4.77. The molecule has 0 saturated carbocycles. The smallest absolute Gasteiger partial charge is 0.255 e. The number of nitrogens with zero attached hydrogens (tertiary/aromatic N) is 2. The fraction of sp³-hybridized carbons (Fsp3) is 0.278. The lowest BCUT2D eigenvalue weighted by Gasteiger charge is -2.27. The van der Waals surface area contributed by atoms with E-state index in [1.54, 1.807) is 18.3 Å². The first-order valence-electron chi connectivity index (χ1n) is 8.36. The number of anilines is 3. The van der Waals surface area contributed by atoms with Gasteiger partial charge in [0.05, 0.1) is 36.5 Å². The van der Waals surface area contributed by atoms with Crippen molar-refractivity contribution in [3.05, 3.63) is 42.1 Å². The maximum Gasteiger partial charge on any atom is 0.255 e. The van der Waals surface area contributed by atoms with Crippen LogP contribution in [-0.2, 0) is 9.53 Å². The molecule has 1 aromatic heterocycles. The number of amides is 2. The van der Waals surface area contributed by atoms with Gasteiger partial charge in [-0.05, 0) is 30.3 Å². The molecule has 2 aliphatic rings. The Labute approximate surface area is 155 Å². The Morgan fingerprint density at radius 3 is 2.85 bits per heavy atom. The molecule has 4 rings (SSSR count). The Morgan fingerprint density at radius 1 is 1.23 bits per heavy atom. The molecule has 1 fully saturated rings. The molecule has 0 bridgehead atoms. The highest BCUT2D eigenvalue weighted by Crippen LogP contribution is 2.32. The van der Waals surface area contributed by atoms with E-state index in [-0.39, 0.29) is 11.8 Å². The second-order valence-corrected chi connectivity index (χ2v) is 7.02. The number of carbonyl (C=O) groups is 2. The van der Waals surface area contributed by atoms with E-state index in [0.717, 1.165) is 23.8 Å². The van der Waals surface area contributed by atoms with Gasteiger partial charge in [0.1, 0.15) is 5.82 Å². The number of fused-ring (bicyclic) bond motifs is 1. The molecule has 1 saturated heterocycles. The summed E-state index contributed by atoms with van der Waals surface area (Å²) >= 11 is 1.47. The summed E-state index contributed by atoms with van der Waals surface area (Å²) in [5.41, 5.74) is 1.80. The van der Waals surface area contributed by atoms with E-state index < -0.39 is 0 Å². The molecule has 2 aromatic rings. The summed E-state index contributed by atoms with van der Waals surface area (Å²) in [4.78, 5) is 31.5. The molecule has 134 valence electrons. The first-order valence-corrected chi connectivity index (χ1v) is 9.34. The third kappa shape index (κ3) is 3.66. The van der Waals surface area contributed by atoms with Gasteiger partial charge in [-0.25, -0.2) is 4.98 Å². The highest BCUT2D eigenvalue weighted by molar-refractivity contribution is 8.00. The van der Waals surface area contributed by atoms with Crippen molar-refractivity contribution in [3.8, 4) is 0 Å². The quantitative estimate of drug-likeness (QED) is 0.862. The molecule has 0 radical (unpaired) electrons. The number of thioether (sulfide) groups is 1. The predicted octanol–water partition coefficient (Wildman–Crippen LogP) is 2.21. The Hall–Kier alpha value is -2.58. The minimum absolute atomic E-state index is 0.0528. The molecule has 2 N–H and O–H groups in total. The SMILES string of the molecule is O=C1CSc2ccc(C(=O)Nc3ccc(N4CCOCC4)nc3)cc2N1. The van der Waals surface area contributed by atoms with Gasteiger partial charge in [-0.3, -0.25) is 9.59 Å². The zero-order valence-electron chi connectivity index (χ0n) is 14.0. The molecule has 2 amide bonds. The minimum atomic E-state index is -0.237. The fourth-order valence-electron chi connectivity index (χ4n) is 2.87. The lowest BCUT2D eigenvalue weighted by Crippen LogP contribution is -2.36. The summed E-state index contributed by atoms with van der Waals surface area (Å²) in [6.07, 6.45) is 1.65. The van der Waals surface area contributed by atoms with Gasteiger partial charge < -0.3 is 20.3 Å². The largest absolute Gasteiger partial charge is 0.378 e. The zero-order chi connectivity index (χ0) is 17.9. The number of benzene rings is 1. The van der Waals surface area contributed by atoms with Crippen molar-refractivity contribution >= 4 is 40.8 Å². The molecule has 8 heteroatoms.